The third-order valence-electron chi connectivity index (χ3n) is 3.28. The second-order valence-electron chi connectivity index (χ2n) is 4.77. The molecule has 0 bridgehead atoms. The molecule has 1 saturated carbocycles. The molecule has 17 heavy (non-hydrogen) atoms. The number of carboxylic acids is 1. The summed E-state index contributed by atoms with van der Waals surface area (Å²) in [6.45, 7) is 1.89. The van der Waals surface area contributed by atoms with E-state index in [0.29, 0.717) is 5.92 Å². The highest BCUT2D eigenvalue weighted by atomic mass is 32.2. The average Bonchev–Trinajstić information content (AvgIpc) is 2.68. The molecule has 1 rings (SSSR count). The van der Waals surface area contributed by atoms with Crippen LogP contribution in [0.4, 0.5) is 0 Å². The van der Waals surface area contributed by atoms with Crippen molar-refractivity contribution in [3.05, 3.63) is 0 Å². The van der Waals surface area contributed by atoms with Crippen LogP contribution >= 0.6 is 0 Å². The van der Waals surface area contributed by atoms with E-state index in [1.807, 2.05) is 6.92 Å². The fraction of sp³-hybridized carbons (Fsp3) is 0.909. The van der Waals surface area contributed by atoms with Gasteiger partial charge in [-0.2, -0.15) is 0 Å². The zero-order chi connectivity index (χ0) is 12.9. The Labute approximate surface area is 103 Å². The van der Waals surface area contributed by atoms with Crippen molar-refractivity contribution in [3.8, 4) is 0 Å². The van der Waals surface area contributed by atoms with Gasteiger partial charge in [0.1, 0.15) is 0 Å². The number of sulfonamides is 1. The first kappa shape index (κ1) is 14.4. The molecule has 6 heteroatoms. The van der Waals surface area contributed by atoms with E-state index in [0.717, 1.165) is 12.8 Å². The number of hydrogen-bond donors (Lipinski definition) is 2. The molecular formula is C11H21NO4S. The average molecular weight is 263 g/mol. The van der Waals surface area contributed by atoms with Crippen molar-refractivity contribution in [2.45, 2.75) is 51.5 Å². The summed E-state index contributed by atoms with van der Waals surface area (Å²) < 4.78 is 26.0. The van der Waals surface area contributed by atoms with E-state index < -0.39 is 16.0 Å². The highest BCUT2D eigenvalue weighted by molar-refractivity contribution is 7.89. The van der Waals surface area contributed by atoms with Gasteiger partial charge in [-0.25, -0.2) is 13.1 Å². The van der Waals surface area contributed by atoms with E-state index >= 15 is 0 Å². The van der Waals surface area contributed by atoms with Gasteiger partial charge in [-0.1, -0.05) is 12.8 Å². The summed E-state index contributed by atoms with van der Waals surface area (Å²) in [7, 11) is -3.33. The van der Waals surface area contributed by atoms with Crippen LogP contribution in [-0.4, -0.2) is 31.3 Å². The molecule has 100 valence electrons. The smallest absolute Gasteiger partial charge is 0.303 e. The topological polar surface area (TPSA) is 83.5 Å². The number of hydrogen-bond acceptors (Lipinski definition) is 3. The van der Waals surface area contributed by atoms with Gasteiger partial charge in [-0.3, -0.25) is 4.79 Å². The van der Waals surface area contributed by atoms with Crippen molar-refractivity contribution in [2.24, 2.45) is 5.92 Å². The highest BCUT2D eigenvalue weighted by Gasteiger charge is 2.24. The van der Waals surface area contributed by atoms with Gasteiger partial charge in [0.2, 0.25) is 10.0 Å². The summed E-state index contributed by atoms with van der Waals surface area (Å²) in [6, 6.07) is -0.0349. The lowest BCUT2D eigenvalue weighted by atomic mass is 10.0. The minimum Gasteiger partial charge on any atom is -0.481 e. The minimum absolute atomic E-state index is 0.0349. The number of carbonyl (C=O) groups is 1. The lowest BCUT2D eigenvalue weighted by Crippen LogP contribution is -2.38. The van der Waals surface area contributed by atoms with Gasteiger partial charge in [0, 0.05) is 12.5 Å². The van der Waals surface area contributed by atoms with Gasteiger partial charge in [0.05, 0.1) is 5.75 Å². The summed E-state index contributed by atoms with van der Waals surface area (Å²) >= 11 is 0. The molecule has 0 spiro atoms. The monoisotopic (exact) mass is 263 g/mol. The number of nitrogens with one attached hydrogen (secondary N) is 1. The molecule has 5 nitrogen and oxygen atoms in total. The standard InChI is InChI=1S/C11H21NO4S/c1-9(10-5-2-3-6-10)12-17(15,16)8-4-7-11(13)14/h9-10,12H,2-8H2,1H3,(H,13,14). The molecule has 0 aliphatic heterocycles. The van der Waals surface area contributed by atoms with Crippen molar-refractivity contribution >= 4 is 16.0 Å². The van der Waals surface area contributed by atoms with Gasteiger partial charge >= 0.3 is 5.97 Å². The summed E-state index contributed by atoms with van der Waals surface area (Å²) in [6.07, 6.45) is 4.59. The predicted octanol–water partition coefficient (Wildman–Crippen LogP) is 1.35. The summed E-state index contributed by atoms with van der Waals surface area (Å²) in [4.78, 5) is 10.3. The fourth-order valence-corrected chi connectivity index (χ4v) is 3.71. The van der Waals surface area contributed by atoms with Crippen LogP contribution < -0.4 is 4.72 Å². The van der Waals surface area contributed by atoms with Crippen LogP contribution in [0.25, 0.3) is 0 Å². The summed E-state index contributed by atoms with van der Waals surface area (Å²) in [5, 5.41) is 8.45. The van der Waals surface area contributed by atoms with E-state index in [1.54, 1.807) is 0 Å². The quantitative estimate of drug-likeness (QED) is 0.726. The molecule has 0 aromatic carbocycles. The molecule has 1 fully saturated rings. The molecular weight excluding hydrogens is 242 g/mol. The molecule has 1 unspecified atom stereocenters. The Morgan fingerprint density at radius 3 is 2.53 bits per heavy atom. The molecule has 0 radical (unpaired) electrons. The van der Waals surface area contributed by atoms with Crippen LogP contribution in [0.15, 0.2) is 0 Å². The maximum atomic E-state index is 11.7. The van der Waals surface area contributed by atoms with Gasteiger partial charge in [0.25, 0.3) is 0 Å². The van der Waals surface area contributed by atoms with E-state index in [9.17, 15) is 13.2 Å². The van der Waals surface area contributed by atoms with E-state index in [-0.39, 0.29) is 24.6 Å². The van der Waals surface area contributed by atoms with Gasteiger partial charge in [0.15, 0.2) is 0 Å². The van der Waals surface area contributed by atoms with Crippen molar-refractivity contribution < 1.29 is 18.3 Å². The Bertz CT molecular complexity index is 346. The fourth-order valence-electron chi connectivity index (χ4n) is 2.31. The maximum Gasteiger partial charge on any atom is 0.303 e. The first-order valence-electron chi connectivity index (χ1n) is 6.12. The van der Waals surface area contributed by atoms with Crippen LogP contribution in [0.3, 0.4) is 0 Å². The maximum absolute atomic E-state index is 11.7. The van der Waals surface area contributed by atoms with Crippen LogP contribution in [0.2, 0.25) is 0 Å². The first-order valence-corrected chi connectivity index (χ1v) is 7.78. The number of aliphatic carboxylic acids is 1. The Hall–Kier alpha value is -0.620. The molecule has 2 N–H and O–H groups in total. The van der Waals surface area contributed by atoms with E-state index in [4.69, 9.17) is 5.11 Å². The summed E-state index contributed by atoms with van der Waals surface area (Å²) in [5.74, 6) is -0.621. The van der Waals surface area contributed by atoms with Gasteiger partial charge in [-0.05, 0) is 32.1 Å². The molecule has 1 atom stereocenters. The highest BCUT2D eigenvalue weighted by Crippen LogP contribution is 2.27. The summed E-state index contributed by atoms with van der Waals surface area (Å²) in [5.41, 5.74) is 0. The van der Waals surface area contributed by atoms with Crippen LogP contribution in [0, 0.1) is 5.92 Å². The third kappa shape index (κ3) is 5.50. The molecule has 1 aliphatic rings. The Morgan fingerprint density at radius 1 is 1.41 bits per heavy atom. The van der Waals surface area contributed by atoms with Gasteiger partial charge in [-0.15, -0.1) is 0 Å². The van der Waals surface area contributed by atoms with E-state index in [1.165, 1.54) is 12.8 Å². The zero-order valence-corrected chi connectivity index (χ0v) is 11.0. The van der Waals surface area contributed by atoms with Crippen LogP contribution in [0.1, 0.15) is 45.4 Å². The Kier molecular flexibility index (Phi) is 5.39. The van der Waals surface area contributed by atoms with Crippen molar-refractivity contribution in [1.29, 1.82) is 0 Å². The largest absolute Gasteiger partial charge is 0.481 e. The van der Waals surface area contributed by atoms with Crippen molar-refractivity contribution in [2.75, 3.05) is 5.75 Å². The Morgan fingerprint density at radius 2 is 2.00 bits per heavy atom. The normalized spacial score (nSPS) is 19.4. The lowest BCUT2D eigenvalue weighted by Gasteiger charge is -2.20. The van der Waals surface area contributed by atoms with Crippen LogP contribution in [-0.2, 0) is 14.8 Å². The zero-order valence-electron chi connectivity index (χ0n) is 10.2. The SMILES string of the molecule is CC(NS(=O)(=O)CCCC(=O)O)C1CCCC1. The Balaban J connectivity index is 2.34. The number of carboxylic acid groups (broad SMARTS) is 1. The lowest BCUT2D eigenvalue weighted by molar-refractivity contribution is -0.137. The second kappa shape index (κ2) is 6.35. The van der Waals surface area contributed by atoms with E-state index in [2.05, 4.69) is 4.72 Å². The molecule has 0 heterocycles. The molecule has 0 aromatic heterocycles. The predicted molar refractivity (Wildman–Crippen MR) is 65.2 cm³/mol. The third-order valence-corrected chi connectivity index (χ3v) is 4.83. The number of rotatable bonds is 7. The molecule has 0 aromatic rings. The minimum atomic E-state index is -3.33. The van der Waals surface area contributed by atoms with Crippen molar-refractivity contribution in [3.63, 3.8) is 0 Å². The first-order chi connectivity index (χ1) is 7.91. The molecule has 1 aliphatic carbocycles. The molecule has 0 saturated heterocycles. The molecule has 0 amide bonds. The second-order valence-corrected chi connectivity index (χ2v) is 6.64. The van der Waals surface area contributed by atoms with Crippen molar-refractivity contribution in [1.82, 2.24) is 4.72 Å². The van der Waals surface area contributed by atoms with Crippen LogP contribution in [0.5, 0.6) is 0 Å². The van der Waals surface area contributed by atoms with Gasteiger partial charge < -0.3 is 5.11 Å².